The average Bonchev–Trinajstić information content (AvgIpc) is 2.71. The molecule has 0 saturated carbocycles. The Labute approximate surface area is 165 Å². The third-order valence-electron chi connectivity index (χ3n) is 4.12. The molecule has 0 fully saturated rings. The van der Waals surface area contributed by atoms with Crippen molar-refractivity contribution in [1.29, 1.82) is 0 Å². The van der Waals surface area contributed by atoms with Gasteiger partial charge < -0.3 is 19.5 Å². The Hall–Kier alpha value is -2.78. The van der Waals surface area contributed by atoms with Gasteiger partial charge in [-0.15, -0.1) is 0 Å². The SMILES string of the molecule is COc1cc(OC)c(OC)cc1CNC(=O)c1ccc(S(=O)(=O)N(C)C)cc1. The van der Waals surface area contributed by atoms with Crippen molar-refractivity contribution in [3.63, 3.8) is 0 Å². The molecule has 1 N–H and O–H groups in total. The predicted octanol–water partition coefficient (Wildman–Crippen LogP) is 1.89. The zero-order valence-corrected chi connectivity index (χ0v) is 17.3. The minimum atomic E-state index is -3.54. The van der Waals surface area contributed by atoms with Gasteiger partial charge in [-0.25, -0.2) is 12.7 Å². The van der Waals surface area contributed by atoms with Gasteiger partial charge in [-0.3, -0.25) is 4.79 Å². The molecule has 2 aromatic carbocycles. The van der Waals surface area contributed by atoms with Crippen LogP contribution in [0.2, 0.25) is 0 Å². The lowest BCUT2D eigenvalue weighted by molar-refractivity contribution is 0.0950. The van der Waals surface area contributed by atoms with Crippen molar-refractivity contribution in [2.75, 3.05) is 35.4 Å². The van der Waals surface area contributed by atoms with E-state index in [4.69, 9.17) is 14.2 Å². The average molecular weight is 408 g/mol. The third kappa shape index (κ3) is 4.55. The molecule has 0 aliphatic rings. The van der Waals surface area contributed by atoms with Crippen LogP contribution in [0, 0.1) is 0 Å². The van der Waals surface area contributed by atoms with E-state index in [2.05, 4.69) is 5.32 Å². The van der Waals surface area contributed by atoms with Crippen molar-refractivity contribution >= 4 is 15.9 Å². The number of ether oxygens (including phenoxy) is 3. The van der Waals surface area contributed by atoms with Crippen molar-refractivity contribution in [2.24, 2.45) is 0 Å². The Kier molecular flexibility index (Phi) is 6.87. The Bertz CT molecular complexity index is 940. The first-order valence-electron chi connectivity index (χ1n) is 8.34. The van der Waals surface area contributed by atoms with E-state index in [-0.39, 0.29) is 17.3 Å². The van der Waals surface area contributed by atoms with Crippen molar-refractivity contribution in [2.45, 2.75) is 11.4 Å². The monoisotopic (exact) mass is 408 g/mol. The first-order chi connectivity index (χ1) is 13.2. The normalized spacial score (nSPS) is 11.2. The van der Waals surface area contributed by atoms with Crippen molar-refractivity contribution in [3.05, 3.63) is 47.5 Å². The van der Waals surface area contributed by atoms with E-state index in [1.54, 1.807) is 12.1 Å². The fourth-order valence-electron chi connectivity index (χ4n) is 2.50. The van der Waals surface area contributed by atoms with Crippen molar-refractivity contribution < 1.29 is 27.4 Å². The molecule has 0 aromatic heterocycles. The topological polar surface area (TPSA) is 94.2 Å². The van der Waals surface area contributed by atoms with Crippen LogP contribution in [0.25, 0.3) is 0 Å². The second-order valence-electron chi connectivity index (χ2n) is 6.01. The summed E-state index contributed by atoms with van der Waals surface area (Å²) in [7, 11) is 3.94. The summed E-state index contributed by atoms with van der Waals surface area (Å²) < 4.78 is 41.2. The lowest BCUT2D eigenvalue weighted by atomic mass is 10.1. The van der Waals surface area contributed by atoms with Crippen LogP contribution in [0.3, 0.4) is 0 Å². The molecule has 2 aromatic rings. The highest BCUT2D eigenvalue weighted by atomic mass is 32.2. The number of amides is 1. The van der Waals surface area contributed by atoms with Crippen LogP contribution in [0.5, 0.6) is 17.2 Å². The number of carbonyl (C=O) groups is 1. The van der Waals surface area contributed by atoms with Crippen LogP contribution < -0.4 is 19.5 Å². The van der Waals surface area contributed by atoms with E-state index in [1.807, 2.05) is 0 Å². The van der Waals surface area contributed by atoms with Gasteiger partial charge in [0.2, 0.25) is 10.0 Å². The van der Waals surface area contributed by atoms with E-state index in [1.165, 1.54) is 59.7 Å². The molecular formula is C19H24N2O6S. The number of carbonyl (C=O) groups excluding carboxylic acids is 1. The summed E-state index contributed by atoms with van der Waals surface area (Å²) in [4.78, 5) is 12.5. The molecule has 1 amide bonds. The molecule has 0 heterocycles. The lowest BCUT2D eigenvalue weighted by Gasteiger charge is -2.15. The number of nitrogens with one attached hydrogen (secondary N) is 1. The highest BCUT2D eigenvalue weighted by Crippen LogP contribution is 2.34. The molecule has 152 valence electrons. The van der Waals surface area contributed by atoms with Crippen LogP contribution in [0.4, 0.5) is 0 Å². The molecule has 0 unspecified atom stereocenters. The molecule has 0 atom stereocenters. The smallest absolute Gasteiger partial charge is 0.251 e. The Balaban J connectivity index is 2.16. The van der Waals surface area contributed by atoms with Gasteiger partial charge in [0.05, 0.1) is 26.2 Å². The third-order valence-corrected chi connectivity index (χ3v) is 5.95. The summed E-state index contributed by atoms with van der Waals surface area (Å²) in [6.07, 6.45) is 0. The number of hydrogen-bond donors (Lipinski definition) is 1. The van der Waals surface area contributed by atoms with Crippen LogP contribution in [0.1, 0.15) is 15.9 Å². The number of nitrogens with zero attached hydrogens (tertiary/aromatic N) is 1. The molecule has 28 heavy (non-hydrogen) atoms. The van der Waals surface area contributed by atoms with Crippen LogP contribution in [-0.4, -0.2) is 54.1 Å². The van der Waals surface area contributed by atoms with Gasteiger partial charge in [0.15, 0.2) is 11.5 Å². The second-order valence-corrected chi connectivity index (χ2v) is 8.17. The molecule has 8 nitrogen and oxygen atoms in total. The summed E-state index contributed by atoms with van der Waals surface area (Å²) in [5, 5.41) is 2.78. The molecule has 0 aliphatic carbocycles. The summed E-state index contributed by atoms with van der Waals surface area (Å²) in [5.74, 6) is 1.24. The van der Waals surface area contributed by atoms with Gasteiger partial charge in [0.25, 0.3) is 5.91 Å². The minimum Gasteiger partial charge on any atom is -0.496 e. The number of hydrogen-bond acceptors (Lipinski definition) is 6. The number of methoxy groups -OCH3 is 3. The number of benzene rings is 2. The van der Waals surface area contributed by atoms with Gasteiger partial charge in [-0.05, 0) is 30.3 Å². The van der Waals surface area contributed by atoms with Crippen molar-refractivity contribution in [1.82, 2.24) is 9.62 Å². The largest absolute Gasteiger partial charge is 0.496 e. The fourth-order valence-corrected chi connectivity index (χ4v) is 3.40. The second kappa shape index (κ2) is 8.94. The van der Waals surface area contributed by atoms with Gasteiger partial charge >= 0.3 is 0 Å². The summed E-state index contributed by atoms with van der Waals surface area (Å²) in [6, 6.07) is 9.16. The lowest BCUT2D eigenvalue weighted by Crippen LogP contribution is -2.24. The molecule has 0 radical (unpaired) electrons. The van der Waals surface area contributed by atoms with E-state index >= 15 is 0 Å². The maximum absolute atomic E-state index is 12.4. The quantitative estimate of drug-likeness (QED) is 0.717. The number of rotatable bonds is 8. The summed E-state index contributed by atoms with van der Waals surface area (Å²) in [6.45, 7) is 0.195. The zero-order chi connectivity index (χ0) is 20.9. The van der Waals surface area contributed by atoms with E-state index < -0.39 is 10.0 Å². The molecular weight excluding hydrogens is 384 g/mol. The zero-order valence-electron chi connectivity index (χ0n) is 16.5. The van der Waals surface area contributed by atoms with E-state index in [0.29, 0.717) is 28.4 Å². The predicted molar refractivity (Wildman–Crippen MR) is 105 cm³/mol. The highest BCUT2D eigenvalue weighted by molar-refractivity contribution is 7.89. The molecule has 0 spiro atoms. The van der Waals surface area contributed by atoms with Gasteiger partial charge in [-0.2, -0.15) is 0 Å². The molecule has 0 saturated heterocycles. The number of sulfonamides is 1. The fraction of sp³-hybridized carbons (Fsp3) is 0.316. The minimum absolute atomic E-state index is 0.121. The molecule has 9 heteroatoms. The molecule has 0 aliphatic heterocycles. The standard InChI is InChI=1S/C19H24N2O6S/c1-21(2)28(23,24)15-8-6-13(7-9-15)19(22)20-12-14-10-17(26-4)18(27-5)11-16(14)25-3/h6-11H,12H2,1-5H3,(H,20,22). The Morgan fingerprint density at radius 2 is 1.46 bits per heavy atom. The van der Waals surface area contributed by atoms with Crippen LogP contribution in [-0.2, 0) is 16.6 Å². The Morgan fingerprint density at radius 3 is 1.96 bits per heavy atom. The first kappa shape index (κ1) is 21.5. The molecule has 0 bridgehead atoms. The molecule has 2 rings (SSSR count). The van der Waals surface area contributed by atoms with Crippen molar-refractivity contribution in [3.8, 4) is 17.2 Å². The highest BCUT2D eigenvalue weighted by Gasteiger charge is 2.18. The van der Waals surface area contributed by atoms with Gasteiger partial charge in [0, 0.05) is 37.8 Å². The van der Waals surface area contributed by atoms with Crippen LogP contribution >= 0.6 is 0 Å². The first-order valence-corrected chi connectivity index (χ1v) is 9.78. The van der Waals surface area contributed by atoms with E-state index in [0.717, 1.165) is 4.31 Å². The van der Waals surface area contributed by atoms with E-state index in [9.17, 15) is 13.2 Å². The maximum Gasteiger partial charge on any atom is 0.251 e. The summed E-state index contributed by atoms with van der Waals surface area (Å²) >= 11 is 0. The van der Waals surface area contributed by atoms with Crippen LogP contribution in [0.15, 0.2) is 41.3 Å². The summed E-state index contributed by atoms with van der Waals surface area (Å²) in [5.41, 5.74) is 1.05. The Morgan fingerprint density at radius 1 is 0.929 bits per heavy atom. The van der Waals surface area contributed by atoms with Gasteiger partial charge in [0.1, 0.15) is 5.75 Å². The maximum atomic E-state index is 12.4. The van der Waals surface area contributed by atoms with Gasteiger partial charge in [-0.1, -0.05) is 0 Å².